The van der Waals surface area contributed by atoms with Crippen molar-refractivity contribution in [2.24, 2.45) is 0 Å². The summed E-state index contributed by atoms with van der Waals surface area (Å²) in [5.41, 5.74) is 5.87. The summed E-state index contributed by atoms with van der Waals surface area (Å²) < 4.78 is 0. The lowest BCUT2D eigenvalue weighted by molar-refractivity contribution is 0.0799. The van der Waals surface area contributed by atoms with E-state index in [1.807, 2.05) is 19.0 Å². The lowest BCUT2D eigenvalue weighted by Gasteiger charge is -2.15. The number of amides is 1. The Bertz CT molecular complexity index is 419. The first-order valence-electron chi connectivity index (χ1n) is 6.74. The van der Waals surface area contributed by atoms with E-state index in [2.05, 4.69) is 18.8 Å². The molecule has 5 nitrogen and oxygen atoms in total. The van der Waals surface area contributed by atoms with E-state index < -0.39 is 0 Å². The summed E-state index contributed by atoms with van der Waals surface area (Å²) in [6.45, 7) is 5.88. The first kappa shape index (κ1) is 15.8. The van der Waals surface area contributed by atoms with Crippen LogP contribution in [-0.4, -0.2) is 43.0 Å². The highest BCUT2D eigenvalue weighted by Gasteiger charge is 2.20. The minimum absolute atomic E-state index is 0.0281. The molecule has 0 spiro atoms. The van der Waals surface area contributed by atoms with Gasteiger partial charge in [-0.2, -0.15) is 0 Å². The molecule has 0 aliphatic heterocycles. The smallest absolute Gasteiger partial charge is 0.267 e. The summed E-state index contributed by atoms with van der Waals surface area (Å²) >= 11 is 1.38. The third-order valence-corrected chi connectivity index (χ3v) is 4.09. The van der Waals surface area contributed by atoms with E-state index in [0.717, 1.165) is 37.5 Å². The molecule has 0 aliphatic carbocycles. The van der Waals surface area contributed by atoms with Gasteiger partial charge in [-0.1, -0.05) is 31.6 Å². The Balaban J connectivity index is 2.80. The maximum atomic E-state index is 12.3. The highest BCUT2D eigenvalue weighted by molar-refractivity contribution is 7.18. The predicted molar refractivity (Wildman–Crippen MR) is 82.0 cm³/mol. The second-order valence-corrected chi connectivity index (χ2v) is 5.69. The molecule has 0 aromatic carbocycles. The fraction of sp³-hybridized carbons (Fsp3) is 0.692. The first-order chi connectivity index (χ1) is 9.01. The molecule has 0 fully saturated rings. The topological polar surface area (TPSA) is 62.5 Å². The molecule has 0 atom stereocenters. The molecule has 1 heterocycles. The molecule has 0 unspecified atom stereocenters. The summed E-state index contributed by atoms with van der Waals surface area (Å²) in [6, 6.07) is 0. The van der Waals surface area contributed by atoms with Crippen LogP contribution in [0.2, 0.25) is 0 Å². The van der Waals surface area contributed by atoms with Crippen molar-refractivity contribution in [1.29, 1.82) is 0 Å². The number of carbonyl (C=O) groups excluding carboxylic acids is 1. The summed E-state index contributed by atoms with van der Waals surface area (Å²) in [6.07, 6.45) is 3.11. The number of aromatic nitrogens is 1. The van der Waals surface area contributed by atoms with Crippen LogP contribution in [0.1, 0.15) is 42.8 Å². The average Bonchev–Trinajstić information content (AvgIpc) is 2.77. The summed E-state index contributed by atoms with van der Waals surface area (Å²) in [7, 11) is 3.78. The zero-order chi connectivity index (χ0) is 14.4. The fourth-order valence-electron chi connectivity index (χ4n) is 1.74. The Hall–Kier alpha value is -1.30. The van der Waals surface area contributed by atoms with Crippen LogP contribution in [0.4, 0.5) is 10.9 Å². The van der Waals surface area contributed by atoms with Gasteiger partial charge in [0.25, 0.3) is 5.91 Å². The second kappa shape index (κ2) is 7.33. The van der Waals surface area contributed by atoms with Gasteiger partial charge in [0.15, 0.2) is 5.13 Å². The van der Waals surface area contributed by atoms with Gasteiger partial charge in [0.1, 0.15) is 10.7 Å². The maximum absolute atomic E-state index is 12.3. The summed E-state index contributed by atoms with van der Waals surface area (Å²) in [4.78, 5) is 20.9. The lowest BCUT2D eigenvalue weighted by atomic mass is 10.3. The van der Waals surface area contributed by atoms with Gasteiger partial charge < -0.3 is 15.5 Å². The van der Waals surface area contributed by atoms with Crippen LogP contribution in [0, 0.1) is 0 Å². The van der Waals surface area contributed by atoms with E-state index in [-0.39, 0.29) is 5.91 Å². The summed E-state index contributed by atoms with van der Waals surface area (Å²) in [5, 5.41) is 0.812. The van der Waals surface area contributed by atoms with E-state index in [0.29, 0.717) is 10.7 Å². The molecule has 1 rings (SSSR count). The van der Waals surface area contributed by atoms with E-state index in [4.69, 9.17) is 5.73 Å². The van der Waals surface area contributed by atoms with Crippen molar-refractivity contribution in [2.45, 2.75) is 33.1 Å². The number of nitrogen functional groups attached to an aromatic ring is 1. The van der Waals surface area contributed by atoms with Gasteiger partial charge in [0.2, 0.25) is 0 Å². The molecule has 0 saturated carbocycles. The van der Waals surface area contributed by atoms with Crippen LogP contribution < -0.4 is 10.6 Å². The third kappa shape index (κ3) is 4.09. The fourth-order valence-corrected chi connectivity index (χ4v) is 2.70. The van der Waals surface area contributed by atoms with Crippen LogP contribution in [0.15, 0.2) is 0 Å². The molecule has 0 aliphatic rings. The van der Waals surface area contributed by atoms with Crippen LogP contribution >= 0.6 is 11.3 Å². The van der Waals surface area contributed by atoms with Crippen LogP contribution in [0.5, 0.6) is 0 Å². The molecule has 6 heteroatoms. The number of unbranched alkanes of at least 4 members (excludes halogenated alkanes) is 1. The Morgan fingerprint density at radius 1 is 1.26 bits per heavy atom. The van der Waals surface area contributed by atoms with Crippen LogP contribution in [0.3, 0.4) is 0 Å². The Morgan fingerprint density at radius 2 is 1.95 bits per heavy atom. The van der Waals surface area contributed by atoms with Crippen molar-refractivity contribution in [3.05, 3.63) is 4.88 Å². The van der Waals surface area contributed by atoms with E-state index in [1.165, 1.54) is 11.3 Å². The first-order valence-corrected chi connectivity index (χ1v) is 7.55. The molecule has 2 N–H and O–H groups in total. The number of thiazole rings is 1. The molecular weight excluding hydrogens is 260 g/mol. The number of hydrogen-bond acceptors (Lipinski definition) is 5. The van der Waals surface area contributed by atoms with Gasteiger partial charge >= 0.3 is 0 Å². The van der Waals surface area contributed by atoms with Gasteiger partial charge in [-0.25, -0.2) is 4.98 Å². The Labute approximate surface area is 119 Å². The standard InChI is InChI=1S/C13H24N4OS/c1-5-7-9-16(3)12(18)10-11(14)15-13(19-10)17(4)8-6-2/h5-9,14H2,1-4H3. The quantitative estimate of drug-likeness (QED) is 0.835. The molecule has 108 valence electrons. The molecular formula is C13H24N4OS. The highest BCUT2D eigenvalue weighted by atomic mass is 32.1. The van der Waals surface area contributed by atoms with Crippen molar-refractivity contribution < 1.29 is 4.79 Å². The minimum Gasteiger partial charge on any atom is -0.382 e. The zero-order valence-electron chi connectivity index (χ0n) is 12.3. The van der Waals surface area contributed by atoms with Crippen molar-refractivity contribution in [1.82, 2.24) is 9.88 Å². The summed E-state index contributed by atoms with van der Waals surface area (Å²) in [5.74, 6) is 0.316. The van der Waals surface area contributed by atoms with E-state index in [9.17, 15) is 4.79 Å². The van der Waals surface area contributed by atoms with Crippen LogP contribution in [0.25, 0.3) is 0 Å². The maximum Gasteiger partial charge on any atom is 0.267 e. The highest BCUT2D eigenvalue weighted by Crippen LogP contribution is 2.28. The predicted octanol–water partition coefficient (Wildman–Crippen LogP) is 2.44. The molecule has 19 heavy (non-hydrogen) atoms. The number of nitrogens with two attached hydrogens (primary N) is 1. The number of nitrogens with zero attached hydrogens (tertiary/aromatic N) is 3. The van der Waals surface area contributed by atoms with Gasteiger partial charge in [-0.3, -0.25) is 4.79 Å². The van der Waals surface area contributed by atoms with Crippen molar-refractivity contribution in [3.8, 4) is 0 Å². The molecule has 0 saturated heterocycles. The number of anilines is 2. The van der Waals surface area contributed by atoms with Crippen molar-refractivity contribution >= 4 is 28.2 Å². The van der Waals surface area contributed by atoms with Gasteiger partial charge in [0, 0.05) is 27.2 Å². The normalized spacial score (nSPS) is 10.5. The van der Waals surface area contributed by atoms with Crippen molar-refractivity contribution in [3.63, 3.8) is 0 Å². The van der Waals surface area contributed by atoms with Gasteiger partial charge in [0.05, 0.1) is 0 Å². The largest absolute Gasteiger partial charge is 0.382 e. The second-order valence-electron chi connectivity index (χ2n) is 4.71. The molecule has 1 aromatic heterocycles. The van der Waals surface area contributed by atoms with E-state index in [1.54, 1.807) is 4.90 Å². The number of rotatable bonds is 7. The third-order valence-electron chi connectivity index (χ3n) is 2.92. The average molecular weight is 284 g/mol. The molecule has 0 radical (unpaired) electrons. The number of hydrogen-bond donors (Lipinski definition) is 1. The monoisotopic (exact) mass is 284 g/mol. The van der Waals surface area contributed by atoms with Gasteiger partial charge in [-0.15, -0.1) is 0 Å². The van der Waals surface area contributed by atoms with Crippen molar-refractivity contribution in [2.75, 3.05) is 37.8 Å². The van der Waals surface area contributed by atoms with Gasteiger partial charge in [-0.05, 0) is 12.8 Å². The zero-order valence-corrected chi connectivity index (χ0v) is 13.1. The molecule has 1 aromatic rings. The Kier molecular flexibility index (Phi) is 6.08. The lowest BCUT2D eigenvalue weighted by Crippen LogP contribution is -2.27. The van der Waals surface area contributed by atoms with E-state index >= 15 is 0 Å². The molecule has 1 amide bonds. The van der Waals surface area contributed by atoms with Crippen LogP contribution in [-0.2, 0) is 0 Å². The minimum atomic E-state index is -0.0281. The molecule has 0 bridgehead atoms. The Morgan fingerprint density at radius 3 is 2.53 bits per heavy atom. The number of carbonyl (C=O) groups is 1. The SMILES string of the molecule is CCCCN(C)C(=O)c1sc(N(C)CCC)nc1N.